The number of nitrogens with one attached hydrogen (secondary N) is 1. The first-order valence-electron chi connectivity index (χ1n) is 7.83. The maximum absolute atomic E-state index is 12.8. The van der Waals surface area contributed by atoms with Crippen LogP contribution in [0.4, 0.5) is 5.69 Å². The average molecular weight is 409 g/mol. The number of hydrogen-bond acceptors (Lipinski definition) is 8. The van der Waals surface area contributed by atoms with E-state index < -0.39 is 22.0 Å². The molecule has 2 rings (SSSR count). The van der Waals surface area contributed by atoms with Gasteiger partial charge in [-0.15, -0.1) is 0 Å². The van der Waals surface area contributed by atoms with Crippen molar-refractivity contribution < 1.29 is 37.0 Å². The molecule has 0 amide bonds. The summed E-state index contributed by atoms with van der Waals surface area (Å²) in [4.78, 5) is 23.6. The minimum atomic E-state index is -4.15. The second-order valence-electron chi connectivity index (χ2n) is 5.37. The molecule has 0 fully saturated rings. The third-order valence-electron chi connectivity index (χ3n) is 3.74. The van der Waals surface area contributed by atoms with Crippen LogP contribution in [0.5, 0.6) is 11.5 Å². The van der Waals surface area contributed by atoms with E-state index in [-0.39, 0.29) is 33.2 Å². The van der Waals surface area contributed by atoms with E-state index in [0.717, 1.165) is 13.2 Å². The lowest BCUT2D eigenvalue weighted by Crippen LogP contribution is -2.17. The van der Waals surface area contributed by atoms with Crippen LogP contribution in [-0.2, 0) is 19.5 Å². The number of esters is 2. The lowest BCUT2D eigenvalue weighted by Gasteiger charge is -2.15. The molecule has 2 aromatic carbocycles. The quantitative estimate of drug-likeness (QED) is 0.691. The van der Waals surface area contributed by atoms with Crippen molar-refractivity contribution in [2.24, 2.45) is 0 Å². The molecule has 28 heavy (non-hydrogen) atoms. The first-order valence-corrected chi connectivity index (χ1v) is 9.31. The summed E-state index contributed by atoms with van der Waals surface area (Å²) in [5, 5.41) is 0. The van der Waals surface area contributed by atoms with Gasteiger partial charge in [-0.05, 0) is 18.2 Å². The first-order chi connectivity index (χ1) is 13.3. The van der Waals surface area contributed by atoms with Crippen molar-refractivity contribution >= 4 is 27.6 Å². The molecule has 0 aliphatic rings. The molecular weight excluding hydrogens is 390 g/mol. The van der Waals surface area contributed by atoms with E-state index in [4.69, 9.17) is 14.2 Å². The van der Waals surface area contributed by atoms with Gasteiger partial charge in [0, 0.05) is 12.1 Å². The van der Waals surface area contributed by atoms with Crippen molar-refractivity contribution in [1.82, 2.24) is 0 Å². The van der Waals surface area contributed by atoms with Crippen LogP contribution < -0.4 is 14.2 Å². The molecule has 0 radical (unpaired) electrons. The summed E-state index contributed by atoms with van der Waals surface area (Å²) in [6.07, 6.45) is 0. The highest BCUT2D eigenvalue weighted by Crippen LogP contribution is 2.34. The van der Waals surface area contributed by atoms with Crippen molar-refractivity contribution in [3.05, 3.63) is 47.5 Å². The molecule has 0 unspecified atom stereocenters. The number of anilines is 1. The van der Waals surface area contributed by atoms with Crippen molar-refractivity contribution in [3.8, 4) is 11.5 Å². The van der Waals surface area contributed by atoms with Crippen LogP contribution in [0.1, 0.15) is 20.7 Å². The number of rotatable bonds is 7. The second kappa shape index (κ2) is 8.61. The van der Waals surface area contributed by atoms with E-state index in [1.165, 1.54) is 51.7 Å². The molecule has 10 heteroatoms. The normalized spacial score (nSPS) is 10.7. The predicted octanol–water partition coefficient (Wildman–Crippen LogP) is 2.08. The number of carbonyl (C=O) groups excluding carboxylic acids is 2. The van der Waals surface area contributed by atoms with Gasteiger partial charge < -0.3 is 18.9 Å². The summed E-state index contributed by atoms with van der Waals surface area (Å²) in [5.41, 5.74) is -0.0910. The summed E-state index contributed by atoms with van der Waals surface area (Å²) in [5.74, 6) is -1.03. The molecule has 150 valence electrons. The molecule has 0 bridgehead atoms. The minimum absolute atomic E-state index is 0.0610. The number of benzene rings is 2. The van der Waals surface area contributed by atoms with Gasteiger partial charge in [0.1, 0.15) is 0 Å². The van der Waals surface area contributed by atoms with Crippen molar-refractivity contribution in [1.29, 1.82) is 0 Å². The monoisotopic (exact) mass is 409 g/mol. The standard InChI is InChI=1S/C18H19NO8S/c1-24-15-9-13(18(21)27-4)14(10-16(15)25-2)19-28(22,23)12-7-5-6-11(8-12)17(20)26-3/h5-10,19H,1-4H3. The van der Waals surface area contributed by atoms with Crippen molar-refractivity contribution in [3.63, 3.8) is 0 Å². The fraction of sp³-hybridized carbons (Fsp3) is 0.222. The van der Waals surface area contributed by atoms with Crippen LogP contribution in [0.25, 0.3) is 0 Å². The zero-order valence-corrected chi connectivity index (χ0v) is 16.5. The van der Waals surface area contributed by atoms with E-state index in [1.54, 1.807) is 0 Å². The van der Waals surface area contributed by atoms with Crippen LogP contribution in [-0.4, -0.2) is 48.8 Å². The van der Waals surface area contributed by atoms with Gasteiger partial charge in [0.05, 0.1) is 50.1 Å². The maximum Gasteiger partial charge on any atom is 0.340 e. The molecule has 9 nitrogen and oxygen atoms in total. The number of ether oxygens (including phenoxy) is 4. The topological polar surface area (TPSA) is 117 Å². The molecule has 0 heterocycles. The highest BCUT2D eigenvalue weighted by Gasteiger charge is 2.23. The zero-order chi connectivity index (χ0) is 20.9. The predicted molar refractivity (Wildman–Crippen MR) is 99.5 cm³/mol. The molecule has 0 aliphatic carbocycles. The Balaban J connectivity index is 2.54. The SMILES string of the molecule is COC(=O)c1cccc(S(=O)(=O)Nc2cc(OC)c(OC)cc2C(=O)OC)c1. The lowest BCUT2D eigenvalue weighted by molar-refractivity contribution is 0.0592. The molecule has 0 saturated heterocycles. The highest BCUT2D eigenvalue weighted by atomic mass is 32.2. The van der Waals surface area contributed by atoms with E-state index >= 15 is 0 Å². The van der Waals surface area contributed by atoms with Crippen LogP contribution in [0.2, 0.25) is 0 Å². The molecule has 0 aliphatic heterocycles. The van der Waals surface area contributed by atoms with Crippen LogP contribution >= 0.6 is 0 Å². The third kappa shape index (κ3) is 4.34. The van der Waals surface area contributed by atoms with Crippen LogP contribution in [0.15, 0.2) is 41.3 Å². The lowest BCUT2D eigenvalue weighted by atomic mass is 10.1. The third-order valence-corrected chi connectivity index (χ3v) is 5.10. The summed E-state index contributed by atoms with van der Waals surface area (Å²) in [6, 6.07) is 7.87. The molecular formula is C18H19NO8S. The van der Waals surface area contributed by atoms with Gasteiger partial charge in [-0.3, -0.25) is 4.72 Å². The first kappa shape index (κ1) is 21.0. The molecule has 1 N–H and O–H groups in total. The maximum atomic E-state index is 12.8. The van der Waals surface area contributed by atoms with Crippen LogP contribution in [0, 0.1) is 0 Å². The number of carbonyl (C=O) groups is 2. The Bertz CT molecular complexity index is 1000. The smallest absolute Gasteiger partial charge is 0.340 e. The minimum Gasteiger partial charge on any atom is -0.493 e. The average Bonchev–Trinajstić information content (AvgIpc) is 2.71. The summed E-state index contributed by atoms with van der Waals surface area (Å²) in [7, 11) is 0.949. The Labute approximate surface area is 162 Å². The largest absolute Gasteiger partial charge is 0.493 e. The molecule has 0 saturated carbocycles. The van der Waals surface area contributed by atoms with E-state index in [2.05, 4.69) is 9.46 Å². The Morgan fingerprint density at radius 2 is 1.46 bits per heavy atom. The van der Waals surface area contributed by atoms with Gasteiger partial charge in [-0.25, -0.2) is 18.0 Å². The summed E-state index contributed by atoms with van der Waals surface area (Å²) < 4.78 is 47.5. The summed E-state index contributed by atoms with van der Waals surface area (Å²) in [6.45, 7) is 0. The Kier molecular flexibility index (Phi) is 6.47. The molecule has 0 aromatic heterocycles. The fourth-order valence-corrected chi connectivity index (χ4v) is 3.47. The Morgan fingerprint density at radius 1 is 0.857 bits per heavy atom. The van der Waals surface area contributed by atoms with Gasteiger partial charge in [-0.2, -0.15) is 0 Å². The van der Waals surface area contributed by atoms with E-state index in [0.29, 0.717) is 0 Å². The Morgan fingerprint density at radius 3 is 2.04 bits per heavy atom. The van der Waals surface area contributed by atoms with E-state index in [1.807, 2.05) is 0 Å². The summed E-state index contributed by atoms with van der Waals surface area (Å²) >= 11 is 0. The van der Waals surface area contributed by atoms with Crippen LogP contribution in [0.3, 0.4) is 0 Å². The zero-order valence-electron chi connectivity index (χ0n) is 15.6. The van der Waals surface area contributed by atoms with E-state index in [9.17, 15) is 18.0 Å². The van der Waals surface area contributed by atoms with Gasteiger partial charge in [0.25, 0.3) is 10.0 Å². The number of sulfonamides is 1. The number of hydrogen-bond donors (Lipinski definition) is 1. The molecule has 2 aromatic rings. The second-order valence-corrected chi connectivity index (χ2v) is 7.05. The highest BCUT2D eigenvalue weighted by molar-refractivity contribution is 7.92. The number of methoxy groups -OCH3 is 4. The fourth-order valence-electron chi connectivity index (χ4n) is 2.35. The van der Waals surface area contributed by atoms with Gasteiger partial charge in [-0.1, -0.05) is 6.07 Å². The molecule has 0 atom stereocenters. The van der Waals surface area contributed by atoms with Gasteiger partial charge in [0.2, 0.25) is 0 Å². The Hall–Kier alpha value is -3.27. The van der Waals surface area contributed by atoms with Crippen molar-refractivity contribution in [2.45, 2.75) is 4.90 Å². The molecule has 0 spiro atoms. The van der Waals surface area contributed by atoms with Gasteiger partial charge in [0.15, 0.2) is 11.5 Å². The van der Waals surface area contributed by atoms with Crippen molar-refractivity contribution in [2.75, 3.05) is 33.2 Å². The van der Waals surface area contributed by atoms with Gasteiger partial charge >= 0.3 is 11.9 Å².